The lowest BCUT2D eigenvalue weighted by atomic mass is 9.85. The summed E-state index contributed by atoms with van der Waals surface area (Å²) >= 11 is 0. The van der Waals surface area contributed by atoms with Gasteiger partial charge in [0, 0.05) is 61.8 Å². The fourth-order valence-corrected chi connectivity index (χ4v) is 9.73. The van der Waals surface area contributed by atoms with Crippen molar-refractivity contribution >= 4 is 46.4 Å². The number of ketones is 2. The Morgan fingerprint density at radius 3 is 2.45 bits per heavy atom. The summed E-state index contributed by atoms with van der Waals surface area (Å²) in [6, 6.07) is 13.0. The number of rotatable bonds is 11. The molecule has 4 heterocycles. The molecular weight excluding hydrogens is 947 g/mol. The van der Waals surface area contributed by atoms with Crippen molar-refractivity contribution in [1.82, 2.24) is 10.6 Å². The van der Waals surface area contributed by atoms with E-state index in [1.165, 1.54) is 27.2 Å². The first-order valence-corrected chi connectivity index (χ1v) is 25.0. The second-order valence-electron chi connectivity index (χ2n) is 20.5. The highest BCUT2D eigenvalue weighted by Gasteiger charge is 2.50. The third-order valence-corrected chi connectivity index (χ3v) is 13.7. The third kappa shape index (κ3) is 12.6. The van der Waals surface area contributed by atoms with Crippen molar-refractivity contribution in [3.05, 3.63) is 130 Å². The van der Waals surface area contributed by atoms with Gasteiger partial charge in [-0.25, -0.2) is 4.99 Å². The van der Waals surface area contributed by atoms with E-state index in [4.69, 9.17) is 38.2 Å². The van der Waals surface area contributed by atoms with Crippen LogP contribution in [0.15, 0.2) is 130 Å². The molecule has 2 amide bonds. The van der Waals surface area contributed by atoms with Gasteiger partial charge in [0.05, 0.1) is 49.9 Å². The Balaban J connectivity index is 1.29. The van der Waals surface area contributed by atoms with Gasteiger partial charge in [-0.15, -0.1) is 0 Å². The number of hydrogen-bond acceptors (Lipinski definition) is 14. The Labute approximate surface area is 433 Å². The second kappa shape index (κ2) is 23.0. The number of ether oxygens (including phenoxy) is 7. The molecule has 4 aliphatic heterocycles. The van der Waals surface area contributed by atoms with Crippen molar-refractivity contribution < 1.29 is 61.6 Å². The number of carbonyl (C=O) groups is 5. The number of nitrogens with zero attached hydrogens (tertiary/aromatic N) is 2. The molecule has 17 heteroatoms. The predicted molar refractivity (Wildman–Crippen MR) is 279 cm³/mol. The topological polar surface area (TPSA) is 198 Å². The van der Waals surface area contributed by atoms with Crippen LogP contribution in [-0.4, -0.2) is 112 Å². The molecule has 17 nitrogen and oxygen atoms in total. The van der Waals surface area contributed by atoms with Crippen molar-refractivity contribution in [3.8, 4) is 11.5 Å². The lowest BCUT2D eigenvalue weighted by Gasteiger charge is -2.37. The molecule has 394 valence electrons. The molecule has 6 bridgehead atoms. The Morgan fingerprint density at radius 2 is 1.74 bits per heavy atom. The summed E-state index contributed by atoms with van der Waals surface area (Å²) in [6.45, 7) is 18.2. The summed E-state index contributed by atoms with van der Waals surface area (Å²) in [5.74, 6) is -3.88. The second-order valence-corrected chi connectivity index (χ2v) is 20.5. The minimum Gasteiger partial charge on any atom is -0.488 e. The Hall–Kier alpha value is -7.08. The summed E-state index contributed by atoms with van der Waals surface area (Å²) in [7, 11) is 7.45. The molecule has 7 rings (SSSR count). The first kappa shape index (κ1) is 54.7. The Kier molecular flexibility index (Phi) is 17.0. The van der Waals surface area contributed by atoms with Crippen LogP contribution in [0.4, 0.5) is 11.4 Å². The summed E-state index contributed by atoms with van der Waals surface area (Å²) < 4.78 is 45.1. The van der Waals surface area contributed by atoms with E-state index in [-0.39, 0.29) is 70.4 Å². The van der Waals surface area contributed by atoms with Crippen LogP contribution in [0.1, 0.15) is 73.3 Å². The van der Waals surface area contributed by atoms with Gasteiger partial charge < -0.3 is 53.6 Å². The standard InChI is InChI=1S/C57H69N5O12/c1-32-14-13-15-34(3)56(67)61-49-50(65)42(52-36(5)51-37(6)55(66)57(8,74-51)70-24-22-45(68-12)35(4)53(71-38(7)63)47(73-52)27-33(2)26-32)29-44-54(49)72-46-28-41(20-21-43(46)60-44)69-25-23-62(10,11)31-39-16-18-40(19-17-39)59-48(64)30-58-9/h13-22,24,28,32-33,35,45,47,53,58H,6,23,25-27,29-31H2,1-5,7-12H3,(H-,59,60,61,64,67)/p+1/b14-13+,24-22+,34-15-,51-36+,52-42-/t32?,33-,35-,45+,47?,53?,57+/m1/s1. The average Bonchev–Trinajstić information content (AvgIpc) is 3.57. The van der Waals surface area contributed by atoms with E-state index in [9.17, 15) is 19.2 Å². The van der Waals surface area contributed by atoms with Gasteiger partial charge in [0.15, 0.2) is 11.5 Å². The number of methoxy groups -OCH3 is 1. The SMILES string of the molecule is C=C1C(=O)[C@@]2(C)O/C=C/[C@H](OC)[C@@H](C)C(OC(C)=O)C3C[C@H](C)CC(C)/C=C/C=C(/C)C(=O)NC4=C5Oc6cc(OCC[N+](C)(C)Cc7ccc(NC(=O)CNC)cc7)ccc6N=C5C/C(=C(O3)\C(C)=C/1O2)C4=O. The van der Waals surface area contributed by atoms with Gasteiger partial charge in [0.1, 0.15) is 60.6 Å². The molecule has 2 aromatic rings. The molecule has 0 saturated carbocycles. The van der Waals surface area contributed by atoms with Gasteiger partial charge in [-0.3, -0.25) is 24.0 Å². The van der Waals surface area contributed by atoms with Crippen LogP contribution in [0, 0.1) is 17.8 Å². The summed E-state index contributed by atoms with van der Waals surface area (Å²) in [4.78, 5) is 73.6. The number of quaternary nitrogens is 1. The molecule has 1 aliphatic carbocycles. The molecule has 1 saturated heterocycles. The fourth-order valence-electron chi connectivity index (χ4n) is 9.73. The molecule has 0 radical (unpaired) electrons. The van der Waals surface area contributed by atoms with Crippen LogP contribution in [0.3, 0.4) is 0 Å². The van der Waals surface area contributed by atoms with Crippen LogP contribution in [0.5, 0.6) is 11.5 Å². The van der Waals surface area contributed by atoms with Crippen LogP contribution < -0.4 is 25.4 Å². The first-order chi connectivity index (χ1) is 35.1. The number of benzene rings is 2. The summed E-state index contributed by atoms with van der Waals surface area (Å²) in [6.07, 6.45) is 6.83. The summed E-state index contributed by atoms with van der Waals surface area (Å²) in [5.41, 5.74) is 3.01. The summed E-state index contributed by atoms with van der Waals surface area (Å²) in [5, 5.41) is 8.58. The smallest absolute Gasteiger partial charge is 0.312 e. The normalized spacial score (nSPS) is 29.1. The van der Waals surface area contributed by atoms with Crippen molar-refractivity contribution in [1.29, 1.82) is 0 Å². The van der Waals surface area contributed by atoms with Crippen molar-refractivity contribution in [2.45, 2.75) is 98.4 Å². The van der Waals surface area contributed by atoms with E-state index < -0.39 is 53.5 Å². The number of aliphatic imine (C=N–C) groups is 1. The number of hydrogen-bond donors (Lipinski definition) is 3. The number of fused-ring (bicyclic) bond motifs is 8. The number of likely N-dealkylation sites (N-methyl/N-ethyl adjacent to an activating group) is 2. The Bertz CT molecular complexity index is 2800. The molecule has 3 N–H and O–H groups in total. The molecule has 74 heavy (non-hydrogen) atoms. The maximum Gasteiger partial charge on any atom is 0.312 e. The molecule has 7 atom stereocenters. The molecule has 0 aromatic heterocycles. The van der Waals surface area contributed by atoms with Gasteiger partial charge in [-0.1, -0.05) is 57.7 Å². The van der Waals surface area contributed by atoms with Gasteiger partial charge in [-0.2, -0.15) is 0 Å². The van der Waals surface area contributed by atoms with Crippen molar-refractivity contribution in [2.75, 3.05) is 53.3 Å². The molecule has 5 aliphatic rings. The highest BCUT2D eigenvalue weighted by molar-refractivity contribution is 6.24. The average molecular weight is 1020 g/mol. The van der Waals surface area contributed by atoms with Gasteiger partial charge in [-0.05, 0) is 75.9 Å². The number of allylic oxidation sites excluding steroid dienone is 7. The first-order valence-electron chi connectivity index (χ1n) is 25.0. The maximum atomic E-state index is 15.5. The van der Waals surface area contributed by atoms with Gasteiger partial charge >= 0.3 is 11.8 Å². The van der Waals surface area contributed by atoms with Gasteiger partial charge in [0.2, 0.25) is 17.5 Å². The number of esters is 1. The van der Waals surface area contributed by atoms with Gasteiger partial charge in [0.25, 0.3) is 5.91 Å². The van der Waals surface area contributed by atoms with Crippen molar-refractivity contribution in [3.63, 3.8) is 0 Å². The zero-order chi connectivity index (χ0) is 53.6. The van der Waals surface area contributed by atoms with Crippen LogP contribution in [0.25, 0.3) is 0 Å². The Morgan fingerprint density at radius 1 is 1.00 bits per heavy atom. The zero-order valence-corrected chi connectivity index (χ0v) is 44.3. The predicted octanol–water partition coefficient (Wildman–Crippen LogP) is 7.75. The maximum absolute atomic E-state index is 15.5. The van der Waals surface area contributed by atoms with E-state index in [1.54, 1.807) is 51.2 Å². The molecule has 2 aromatic carbocycles. The minimum atomic E-state index is -1.84. The molecule has 0 spiro atoms. The lowest BCUT2D eigenvalue weighted by Crippen LogP contribution is -2.44. The van der Waals surface area contributed by atoms with Crippen LogP contribution in [0.2, 0.25) is 0 Å². The van der Waals surface area contributed by atoms with E-state index in [0.717, 1.165) is 11.3 Å². The van der Waals surface area contributed by atoms with E-state index in [1.807, 2.05) is 43.3 Å². The lowest BCUT2D eigenvalue weighted by molar-refractivity contribution is -0.903. The largest absolute Gasteiger partial charge is 0.488 e. The fraction of sp³-hybridized carbons (Fsp3) is 0.439. The van der Waals surface area contributed by atoms with Crippen LogP contribution in [-0.2, 0) is 54.2 Å². The minimum absolute atomic E-state index is 0.0157. The van der Waals surface area contributed by atoms with Crippen molar-refractivity contribution in [2.24, 2.45) is 22.7 Å². The monoisotopic (exact) mass is 1020 g/mol. The number of amides is 2. The van der Waals surface area contributed by atoms with E-state index >= 15 is 4.79 Å². The molecule has 3 unspecified atom stereocenters. The highest BCUT2D eigenvalue weighted by Crippen LogP contribution is 2.44. The number of anilines is 1. The highest BCUT2D eigenvalue weighted by atomic mass is 16.7. The molecular formula is C57H70N5O12+. The van der Waals surface area contributed by atoms with E-state index in [0.29, 0.717) is 65.5 Å². The zero-order valence-electron chi connectivity index (χ0n) is 44.3. The number of nitrogens with one attached hydrogen (secondary N) is 3. The number of carbonyl (C=O) groups excluding carboxylic acids is 5. The molecule has 1 fully saturated rings. The van der Waals surface area contributed by atoms with E-state index in [2.05, 4.69) is 50.5 Å². The third-order valence-electron chi connectivity index (χ3n) is 13.7. The quantitative estimate of drug-likeness (QED) is 0.112. The number of Topliss-reactive ketones (excluding diaryl/α,β-unsaturated/α-hetero) is 2. The van der Waals surface area contributed by atoms with Crippen LogP contribution >= 0.6 is 0 Å².